The maximum absolute atomic E-state index is 12.4. The molecule has 24 heavy (non-hydrogen) atoms. The molecule has 2 rings (SSSR count). The molecule has 0 aliphatic carbocycles. The minimum Gasteiger partial charge on any atom is -0.488 e. The lowest BCUT2D eigenvalue weighted by molar-refractivity contribution is 0.0950. The quantitative estimate of drug-likeness (QED) is 0.571. The van der Waals surface area contributed by atoms with Crippen LogP contribution in [0.3, 0.4) is 0 Å². The summed E-state index contributed by atoms with van der Waals surface area (Å²) in [5.41, 5.74) is 5.08. The van der Waals surface area contributed by atoms with Gasteiger partial charge in [-0.05, 0) is 37.5 Å². The van der Waals surface area contributed by atoms with Crippen molar-refractivity contribution in [1.82, 2.24) is 5.43 Å². The van der Waals surface area contributed by atoms with Gasteiger partial charge in [0.2, 0.25) is 0 Å². The number of benzene rings is 2. The minimum atomic E-state index is -0.255. The lowest BCUT2D eigenvalue weighted by atomic mass is 10.2. The molecule has 1 amide bonds. The molecule has 2 aromatic carbocycles. The molecule has 0 heterocycles. The normalized spacial score (nSPS) is 11.2. The molecule has 0 bridgehead atoms. The van der Waals surface area contributed by atoms with E-state index in [0.29, 0.717) is 17.9 Å². The maximum Gasteiger partial charge on any atom is 0.275 e. The van der Waals surface area contributed by atoms with Crippen molar-refractivity contribution in [2.75, 3.05) is 0 Å². The molecule has 0 saturated carbocycles. The Bertz CT molecular complexity index is 681. The Labute approximate surface area is 143 Å². The van der Waals surface area contributed by atoms with Crippen molar-refractivity contribution < 1.29 is 9.53 Å². The molecule has 0 aliphatic heterocycles. The summed E-state index contributed by atoms with van der Waals surface area (Å²) in [6.45, 7) is 4.48. The van der Waals surface area contributed by atoms with Crippen LogP contribution >= 0.6 is 0 Å². The highest BCUT2D eigenvalue weighted by molar-refractivity contribution is 5.97. The summed E-state index contributed by atoms with van der Waals surface area (Å²) in [5, 5.41) is 4.16. The monoisotopic (exact) mass is 324 g/mol. The van der Waals surface area contributed by atoms with Crippen LogP contribution in [0, 0.1) is 0 Å². The molecule has 0 saturated heterocycles. The number of carbonyl (C=O) groups excluding carboxylic acids is 1. The van der Waals surface area contributed by atoms with E-state index >= 15 is 0 Å². The molecule has 0 radical (unpaired) electrons. The molecule has 0 spiro atoms. The van der Waals surface area contributed by atoms with Crippen molar-refractivity contribution in [2.45, 2.75) is 39.7 Å². The average Bonchev–Trinajstić information content (AvgIpc) is 2.63. The summed E-state index contributed by atoms with van der Waals surface area (Å²) in [7, 11) is 0. The number of amides is 1. The molecule has 4 heteroatoms. The number of nitrogens with zero attached hydrogens (tertiary/aromatic N) is 1. The number of ether oxygens (including phenoxy) is 1. The third-order valence-corrected chi connectivity index (χ3v) is 3.61. The van der Waals surface area contributed by atoms with Crippen molar-refractivity contribution in [3.63, 3.8) is 0 Å². The molecule has 126 valence electrons. The van der Waals surface area contributed by atoms with Crippen LogP contribution in [0.2, 0.25) is 0 Å². The molecule has 0 unspecified atom stereocenters. The van der Waals surface area contributed by atoms with Gasteiger partial charge in [-0.3, -0.25) is 4.79 Å². The number of para-hydroxylation sites is 1. The number of hydrogen-bond acceptors (Lipinski definition) is 3. The van der Waals surface area contributed by atoms with Gasteiger partial charge in [-0.1, -0.05) is 55.8 Å². The first-order valence-corrected chi connectivity index (χ1v) is 8.30. The van der Waals surface area contributed by atoms with E-state index in [1.807, 2.05) is 49.4 Å². The standard InChI is InChI=1S/C20H24N2O2/c1-3-4-10-16(2)21-22-20(23)18-13-8-9-14-19(18)24-15-17-11-6-5-7-12-17/h5-9,11-14H,3-4,10,15H2,1-2H3,(H,22,23)/b21-16+. The summed E-state index contributed by atoms with van der Waals surface area (Å²) in [6, 6.07) is 17.1. The second-order valence-electron chi connectivity index (χ2n) is 5.66. The summed E-state index contributed by atoms with van der Waals surface area (Å²) in [4.78, 5) is 12.4. The Kier molecular flexibility index (Phi) is 7.02. The number of hydrogen-bond donors (Lipinski definition) is 1. The molecular formula is C20H24N2O2. The number of rotatable bonds is 8. The van der Waals surface area contributed by atoms with Gasteiger partial charge in [-0.2, -0.15) is 5.10 Å². The van der Waals surface area contributed by atoms with Gasteiger partial charge in [0.1, 0.15) is 12.4 Å². The Morgan fingerprint density at radius 2 is 1.79 bits per heavy atom. The highest BCUT2D eigenvalue weighted by Gasteiger charge is 2.11. The number of nitrogens with one attached hydrogen (secondary N) is 1. The van der Waals surface area contributed by atoms with E-state index in [1.165, 1.54) is 0 Å². The van der Waals surface area contributed by atoms with Crippen LogP contribution in [0.5, 0.6) is 5.75 Å². The molecule has 0 fully saturated rings. The van der Waals surface area contributed by atoms with Gasteiger partial charge in [-0.25, -0.2) is 5.43 Å². The fourth-order valence-electron chi connectivity index (χ4n) is 2.21. The second kappa shape index (κ2) is 9.50. The zero-order valence-electron chi connectivity index (χ0n) is 14.3. The summed E-state index contributed by atoms with van der Waals surface area (Å²) < 4.78 is 5.81. The topological polar surface area (TPSA) is 50.7 Å². The first-order valence-electron chi connectivity index (χ1n) is 8.30. The average molecular weight is 324 g/mol. The largest absolute Gasteiger partial charge is 0.488 e. The molecule has 1 N–H and O–H groups in total. The van der Waals surface area contributed by atoms with Crippen molar-refractivity contribution in [1.29, 1.82) is 0 Å². The number of carbonyl (C=O) groups is 1. The molecule has 0 atom stereocenters. The highest BCUT2D eigenvalue weighted by atomic mass is 16.5. The predicted octanol–water partition coefficient (Wildman–Crippen LogP) is 4.56. The number of unbranched alkanes of at least 4 members (excludes halogenated alkanes) is 1. The maximum atomic E-state index is 12.4. The predicted molar refractivity (Wildman–Crippen MR) is 97.3 cm³/mol. The lowest BCUT2D eigenvalue weighted by Crippen LogP contribution is -2.20. The van der Waals surface area contributed by atoms with E-state index in [4.69, 9.17) is 4.74 Å². The van der Waals surface area contributed by atoms with Gasteiger partial charge >= 0.3 is 0 Å². The first-order chi connectivity index (χ1) is 11.7. The van der Waals surface area contributed by atoms with Gasteiger partial charge in [-0.15, -0.1) is 0 Å². The fraction of sp³-hybridized carbons (Fsp3) is 0.300. The van der Waals surface area contributed by atoms with Crippen LogP contribution in [0.25, 0.3) is 0 Å². The van der Waals surface area contributed by atoms with Crippen LogP contribution < -0.4 is 10.2 Å². The van der Waals surface area contributed by atoms with Crippen molar-refractivity contribution in [3.8, 4) is 5.75 Å². The van der Waals surface area contributed by atoms with Gasteiger partial charge < -0.3 is 4.74 Å². The smallest absolute Gasteiger partial charge is 0.275 e. The third kappa shape index (κ3) is 5.54. The van der Waals surface area contributed by atoms with Gasteiger partial charge in [0.05, 0.1) is 5.56 Å². The Morgan fingerprint density at radius 1 is 1.08 bits per heavy atom. The van der Waals surface area contributed by atoms with E-state index in [9.17, 15) is 4.79 Å². The summed E-state index contributed by atoms with van der Waals surface area (Å²) in [6.07, 6.45) is 3.07. The van der Waals surface area contributed by atoms with E-state index in [1.54, 1.807) is 12.1 Å². The molecule has 2 aromatic rings. The fourth-order valence-corrected chi connectivity index (χ4v) is 2.21. The Morgan fingerprint density at radius 3 is 2.54 bits per heavy atom. The summed E-state index contributed by atoms with van der Waals surface area (Å²) in [5.74, 6) is 0.301. The Balaban J connectivity index is 2.01. The van der Waals surface area contributed by atoms with Gasteiger partial charge in [0.15, 0.2) is 0 Å². The molecular weight excluding hydrogens is 300 g/mol. The minimum absolute atomic E-state index is 0.255. The molecule has 0 aromatic heterocycles. The van der Waals surface area contributed by atoms with Crippen molar-refractivity contribution >= 4 is 11.6 Å². The number of hydrazone groups is 1. The third-order valence-electron chi connectivity index (χ3n) is 3.61. The van der Waals surface area contributed by atoms with Gasteiger partial charge in [0, 0.05) is 5.71 Å². The van der Waals surface area contributed by atoms with E-state index in [-0.39, 0.29) is 5.91 Å². The lowest BCUT2D eigenvalue weighted by Gasteiger charge is -2.10. The van der Waals surface area contributed by atoms with Crippen molar-refractivity contribution in [2.24, 2.45) is 5.10 Å². The highest BCUT2D eigenvalue weighted by Crippen LogP contribution is 2.19. The first kappa shape index (κ1) is 17.7. The van der Waals surface area contributed by atoms with Crippen LogP contribution in [0.15, 0.2) is 59.7 Å². The Hall–Kier alpha value is -2.62. The van der Waals surface area contributed by atoms with E-state index in [0.717, 1.165) is 30.5 Å². The molecule has 0 aliphatic rings. The van der Waals surface area contributed by atoms with E-state index in [2.05, 4.69) is 17.5 Å². The zero-order valence-corrected chi connectivity index (χ0v) is 14.3. The van der Waals surface area contributed by atoms with Crippen LogP contribution in [0.1, 0.15) is 49.0 Å². The van der Waals surface area contributed by atoms with Crippen molar-refractivity contribution in [3.05, 3.63) is 65.7 Å². The van der Waals surface area contributed by atoms with E-state index < -0.39 is 0 Å². The summed E-state index contributed by atoms with van der Waals surface area (Å²) >= 11 is 0. The second-order valence-corrected chi connectivity index (χ2v) is 5.66. The van der Waals surface area contributed by atoms with Crippen LogP contribution in [0.4, 0.5) is 0 Å². The zero-order chi connectivity index (χ0) is 17.2. The SMILES string of the molecule is CCCC/C(C)=N/NC(=O)c1ccccc1OCc1ccccc1. The molecule has 4 nitrogen and oxygen atoms in total. The van der Waals surface area contributed by atoms with Gasteiger partial charge in [0.25, 0.3) is 5.91 Å². The van der Waals surface area contributed by atoms with Crippen LogP contribution in [-0.4, -0.2) is 11.6 Å². The van der Waals surface area contributed by atoms with Crippen LogP contribution in [-0.2, 0) is 6.61 Å².